The van der Waals surface area contributed by atoms with Gasteiger partial charge in [0.15, 0.2) is 0 Å². The van der Waals surface area contributed by atoms with Gasteiger partial charge in [-0.2, -0.15) is 0 Å². The molecule has 0 aromatic rings. The van der Waals surface area contributed by atoms with Crippen molar-refractivity contribution < 1.29 is 24.7 Å². The van der Waals surface area contributed by atoms with E-state index in [-0.39, 0.29) is 6.42 Å². The monoisotopic (exact) mass is 232 g/mol. The van der Waals surface area contributed by atoms with E-state index in [1.54, 1.807) is 0 Å². The van der Waals surface area contributed by atoms with Crippen molar-refractivity contribution in [3.63, 3.8) is 0 Å². The van der Waals surface area contributed by atoms with Gasteiger partial charge in [-0.1, -0.05) is 12.8 Å². The van der Waals surface area contributed by atoms with E-state index < -0.39 is 23.7 Å². The smallest absolute Gasteiger partial charge is 0.320 e. The molecule has 0 aromatic heterocycles. The van der Waals surface area contributed by atoms with Gasteiger partial charge in [-0.15, -0.1) is 0 Å². The Morgan fingerprint density at radius 3 is 2.31 bits per heavy atom. The summed E-state index contributed by atoms with van der Waals surface area (Å²) in [4.78, 5) is 31.8. The molecule has 5 N–H and O–H groups in total. The molecule has 92 valence electrons. The molecule has 16 heavy (non-hydrogen) atoms. The highest BCUT2D eigenvalue weighted by atomic mass is 16.5. The van der Waals surface area contributed by atoms with Gasteiger partial charge in [-0.25, -0.2) is 5.48 Å². The number of hydroxylamine groups is 1. The fraction of sp³-hybridized carbons (Fsp3) is 0.667. The molecule has 0 heterocycles. The van der Waals surface area contributed by atoms with E-state index in [9.17, 15) is 14.4 Å². The van der Waals surface area contributed by atoms with Crippen molar-refractivity contribution in [2.75, 3.05) is 0 Å². The number of carboxylic acid groups (broad SMARTS) is 1. The van der Waals surface area contributed by atoms with Gasteiger partial charge in [0.05, 0.1) is 0 Å². The van der Waals surface area contributed by atoms with Crippen LogP contribution < -0.4 is 11.2 Å². The minimum Gasteiger partial charge on any atom is -0.480 e. The molecule has 0 saturated carbocycles. The average molecular weight is 232 g/mol. The van der Waals surface area contributed by atoms with Crippen LogP contribution in [0, 0.1) is 0 Å². The Kier molecular flexibility index (Phi) is 7.06. The molecule has 0 rings (SSSR count). The zero-order valence-corrected chi connectivity index (χ0v) is 8.81. The molecule has 0 aromatic carbocycles. The van der Waals surface area contributed by atoms with Crippen LogP contribution in [0.2, 0.25) is 0 Å². The van der Waals surface area contributed by atoms with E-state index in [0.717, 1.165) is 0 Å². The van der Waals surface area contributed by atoms with Crippen LogP contribution in [-0.4, -0.2) is 34.0 Å². The Morgan fingerprint density at radius 2 is 1.81 bits per heavy atom. The molecule has 0 bridgehead atoms. The van der Waals surface area contributed by atoms with Crippen molar-refractivity contribution in [2.45, 2.75) is 38.1 Å². The Morgan fingerprint density at radius 1 is 1.19 bits per heavy atom. The maximum atomic E-state index is 10.9. The standard InChI is InChI=1S/C9H16N2O5/c10-6(9(14)15)4-2-1-3-5-7(12)8(13)11-16/h6,16H,1-5,10H2,(H,11,13)(H,14,15). The summed E-state index contributed by atoms with van der Waals surface area (Å²) in [5, 5.41) is 16.6. The minimum absolute atomic E-state index is 0.0364. The Bertz CT molecular complexity index is 267. The molecule has 0 spiro atoms. The van der Waals surface area contributed by atoms with Crippen molar-refractivity contribution in [2.24, 2.45) is 5.73 Å². The molecule has 1 unspecified atom stereocenters. The fourth-order valence-corrected chi connectivity index (χ4v) is 1.13. The zero-order chi connectivity index (χ0) is 12.6. The zero-order valence-electron chi connectivity index (χ0n) is 8.81. The summed E-state index contributed by atoms with van der Waals surface area (Å²) in [5.74, 6) is -2.76. The second-order valence-corrected chi connectivity index (χ2v) is 3.41. The van der Waals surface area contributed by atoms with Crippen LogP contribution >= 0.6 is 0 Å². The van der Waals surface area contributed by atoms with Crippen LogP contribution in [0.5, 0.6) is 0 Å². The molecular formula is C9H16N2O5. The highest BCUT2D eigenvalue weighted by Gasteiger charge is 2.13. The molecule has 7 heteroatoms. The maximum Gasteiger partial charge on any atom is 0.320 e. The lowest BCUT2D eigenvalue weighted by molar-refractivity contribution is -0.143. The van der Waals surface area contributed by atoms with E-state index in [4.69, 9.17) is 16.0 Å². The van der Waals surface area contributed by atoms with Crippen LogP contribution in [0.1, 0.15) is 32.1 Å². The summed E-state index contributed by atoms with van der Waals surface area (Å²) in [7, 11) is 0. The lowest BCUT2D eigenvalue weighted by atomic mass is 10.1. The van der Waals surface area contributed by atoms with Crippen LogP contribution in [0.15, 0.2) is 0 Å². The van der Waals surface area contributed by atoms with E-state index in [1.807, 2.05) is 0 Å². The van der Waals surface area contributed by atoms with Gasteiger partial charge >= 0.3 is 11.9 Å². The summed E-state index contributed by atoms with van der Waals surface area (Å²) in [6, 6.07) is -0.878. The number of hydrogen-bond donors (Lipinski definition) is 4. The SMILES string of the molecule is NC(CCCCCC(=O)C(=O)NO)C(=O)O. The van der Waals surface area contributed by atoms with Gasteiger partial charge in [-0.3, -0.25) is 19.6 Å². The molecule has 1 atom stereocenters. The summed E-state index contributed by atoms with van der Waals surface area (Å²) in [6.07, 6.45) is 2.05. The lowest BCUT2D eigenvalue weighted by Gasteiger charge is -2.05. The number of ketones is 1. The van der Waals surface area contributed by atoms with Crippen molar-refractivity contribution in [3.05, 3.63) is 0 Å². The first-order valence-corrected chi connectivity index (χ1v) is 4.94. The molecule has 0 saturated heterocycles. The van der Waals surface area contributed by atoms with Gasteiger partial charge < -0.3 is 10.8 Å². The second kappa shape index (κ2) is 7.77. The highest BCUT2D eigenvalue weighted by Crippen LogP contribution is 2.05. The third-order valence-corrected chi connectivity index (χ3v) is 2.09. The maximum absolute atomic E-state index is 10.9. The first-order chi connectivity index (χ1) is 7.49. The topological polar surface area (TPSA) is 130 Å². The first-order valence-electron chi connectivity index (χ1n) is 4.94. The number of unbranched alkanes of at least 4 members (excludes halogenated alkanes) is 2. The number of amides is 1. The normalized spacial score (nSPS) is 11.9. The Hall–Kier alpha value is -1.47. The molecule has 7 nitrogen and oxygen atoms in total. The molecule has 0 radical (unpaired) electrons. The van der Waals surface area contributed by atoms with E-state index in [0.29, 0.717) is 25.7 Å². The number of rotatable bonds is 8. The predicted molar refractivity (Wildman–Crippen MR) is 53.6 cm³/mol. The molecule has 0 aliphatic rings. The van der Waals surface area contributed by atoms with Gasteiger partial charge in [-0.05, 0) is 12.8 Å². The van der Waals surface area contributed by atoms with Crippen molar-refractivity contribution in [1.82, 2.24) is 5.48 Å². The van der Waals surface area contributed by atoms with Crippen LogP contribution in [0.25, 0.3) is 0 Å². The number of aliphatic carboxylic acids is 1. The van der Waals surface area contributed by atoms with Gasteiger partial charge in [0.25, 0.3) is 0 Å². The van der Waals surface area contributed by atoms with Crippen molar-refractivity contribution in [3.8, 4) is 0 Å². The number of Topliss-reactive ketones (excluding diaryl/α,β-unsaturated/α-hetero) is 1. The fourth-order valence-electron chi connectivity index (χ4n) is 1.13. The first kappa shape index (κ1) is 14.5. The van der Waals surface area contributed by atoms with E-state index in [2.05, 4.69) is 0 Å². The van der Waals surface area contributed by atoms with E-state index >= 15 is 0 Å². The highest BCUT2D eigenvalue weighted by molar-refractivity contribution is 6.35. The number of nitrogens with two attached hydrogens (primary N) is 1. The Labute approximate surface area is 92.6 Å². The second-order valence-electron chi connectivity index (χ2n) is 3.41. The van der Waals surface area contributed by atoms with E-state index in [1.165, 1.54) is 5.48 Å². The lowest BCUT2D eigenvalue weighted by Crippen LogP contribution is -2.29. The van der Waals surface area contributed by atoms with Crippen LogP contribution in [0.3, 0.4) is 0 Å². The van der Waals surface area contributed by atoms with Gasteiger partial charge in [0.1, 0.15) is 6.04 Å². The van der Waals surface area contributed by atoms with Gasteiger partial charge in [0.2, 0.25) is 5.78 Å². The number of carbonyl (C=O) groups is 3. The van der Waals surface area contributed by atoms with Crippen LogP contribution in [-0.2, 0) is 14.4 Å². The summed E-state index contributed by atoms with van der Waals surface area (Å²) < 4.78 is 0. The quantitative estimate of drug-likeness (QED) is 0.192. The summed E-state index contributed by atoms with van der Waals surface area (Å²) >= 11 is 0. The third kappa shape index (κ3) is 6.10. The number of hydrogen-bond acceptors (Lipinski definition) is 5. The predicted octanol–water partition coefficient (Wildman–Crippen LogP) is -0.577. The largest absolute Gasteiger partial charge is 0.480 e. The number of carbonyl (C=O) groups excluding carboxylic acids is 2. The number of nitrogens with one attached hydrogen (secondary N) is 1. The molecular weight excluding hydrogens is 216 g/mol. The summed E-state index contributed by atoms with van der Waals surface area (Å²) in [5.41, 5.74) is 6.52. The Balaban J connectivity index is 3.51. The van der Waals surface area contributed by atoms with Crippen molar-refractivity contribution in [1.29, 1.82) is 0 Å². The molecule has 0 aliphatic heterocycles. The van der Waals surface area contributed by atoms with Crippen molar-refractivity contribution >= 4 is 17.7 Å². The summed E-state index contributed by atoms with van der Waals surface area (Å²) in [6.45, 7) is 0. The average Bonchev–Trinajstić information content (AvgIpc) is 2.26. The molecule has 1 amide bonds. The minimum atomic E-state index is -1.05. The van der Waals surface area contributed by atoms with Crippen LogP contribution in [0.4, 0.5) is 0 Å². The third-order valence-electron chi connectivity index (χ3n) is 2.09. The molecule has 0 fully saturated rings. The molecule has 0 aliphatic carbocycles. The number of carboxylic acids is 1. The van der Waals surface area contributed by atoms with Gasteiger partial charge in [0, 0.05) is 6.42 Å².